The Bertz CT molecular complexity index is 547. The molecule has 0 unspecified atom stereocenters. The Morgan fingerprint density at radius 1 is 1.17 bits per heavy atom. The lowest BCUT2D eigenvalue weighted by atomic mass is 10.2. The molecule has 0 fully saturated rings. The van der Waals surface area contributed by atoms with E-state index in [9.17, 15) is 9.36 Å². The van der Waals surface area contributed by atoms with Gasteiger partial charge in [0.05, 0.1) is 37.5 Å². The van der Waals surface area contributed by atoms with Crippen LogP contribution in [0.15, 0.2) is 12.4 Å². The largest absolute Gasteiger partial charge is 0.444 e. The summed E-state index contributed by atoms with van der Waals surface area (Å²) in [4.78, 5) is 19.8. The van der Waals surface area contributed by atoms with Crippen molar-refractivity contribution in [2.24, 2.45) is 0 Å². The Morgan fingerprint density at radius 3 is 2.22 bits per heavy atom. The molecule has 9 heteroatoms. The minimum absolute atomic E-state index is 0.0222. The molecule has 1 rings (SSSR count). The lowest BCUT2D eigenvalue weighted by Gasteiger charge is -2.19. The second kappa shape index (κ2) is 8.38. The molecule has 0 atom stereocenters. The fourth-order valence-electron chi connectivity index (χ4n) is 1.63. The van der Waals surface area contributed by atoms with Crippen molar-refractivity contribution in [3.8, 4) is 0 Å². The molecule has 0 radical (unpaired) electrons. The van der Waals surface area contributed by atoms with E-state index in [4.69, 9.17) is 13.8 Å². The lowest BCUT2D eigenvalue weighted by Crippen LogP contribution is -2.27. The lowest BCUT2D eigenvalue weighted by molar-refractivity contribution is 0.0635. The van der Waals surface area contributed by atoms with Crippen molar-refractivity contribution in [1.82, 2.24) is 9.97 Å². The van der Waals surface area contributed by atoms with Crippen LogP contribution >= 0.6 is 7.60 Å². The smallest absolute Gasteiger partial charge is 0.413 e. The number of aromatic nitrogens is 2. The SMILES string of the molecule is CCOP(=O)(Cc1cnc(NC(=O)OC(C)(C)C)cn1)OCC. The third kappa shape index (κ3) is 7.54. The van der Waals surface area contributed by atoms with E-state index in [2.05, 4.69) is 15.3 Å². The number of anilines is 1. The van der Waals surface area contributed by atoms with Gasteiger partial charge in [0.25, 0.3) is 0 Å². The quantitative estimate of drug-likeness (QED) is 0.754. The molecule has 1 aromatic rings. The van der Waals surface area contributed by atoms with E-state index < -0.39 is 19.3 Å². The summed E-state index contributed by atoms with van der Waals surface area (Å²) in [5.74, 6) is 0.241. The monoisotopic (exact) mass is 345 g/mol. The zero-order valence-corrected chi connectivity index (χ0v) is 15.1. The number of carbonyl (C=O) groups is 1. The van der Waals surface area contributed by atoms with Crippen LogP contribution < -0.4 is 5.32 Å². The van der Waals surface area contributed by atoms with Crippen molar-refractivity contribution in [3.63, 3.8) is 0 Å². The van der Waals surface area contributed by atoms with Crippen LogP contribution in [0.3, 0.4) is 0 Å². The van der Waals surface area contributed by atoms with Gasteiger partial charge in [0.15, 0.2) is 5.82 Å². The summed E-state index contributed by atoms with van der Waals surface area (Å²) < 4.78 is 27.9. The van der Waals surface area contributed by atoms with E-state index in [1.54, 1.807) is 34.6 Å². The van der Waals surface area contributed by atoms with Crippen molar-refractivity contribution < 1.29 is 23.1 Å². The van der Waals surface area contributed by atoms with Crippen LogP contribution in [0.5, 0.6) is 0 Å². The van der Waals surface area contributed by atoms with Gasteiger partial charge in [-0.05, 0) is 34.6 Å². The Hall–Kier alpha value is -1.50. The first-order chi connectivity index (χ1) is 10.7. The first-order valence-electron chi connectivity index (χ1n) is 7.36. The van der Waals surface area contributed by atoms with Crippen LogP contribution in [0, 0.1) is 0 Å². The maximum Gasteiger partial charge on any atom is 0.413 e. The summed E-state index contributed by atoms with van der Waals surface area (Å²) in [6.07, 6.45) is 2.18. The molecule has 0 aliphatic rings. The molecule has 1 aromatic heterocycles. The minimum atomic E-state index is -3.23. The van der Waals surface area contributed by atoms with Crippen LogP contribution in [-0.4, -0.2) is 34.9 Å². The molecule has 1 N–H and O–H groups in total. The summed E-state index contributed by atoms with van der Waals surface area (Å²) in [6, 6.07) is 0. The fraction of sp³-hybridized carbons (Fsp3) is 0.643. The van der Waals surface area contributed by atoms with Gasteiger partial charge < -0.3 is 13.8 Å². The molecular weight excluding hydrogens is 321 g/mol. The highest BCUT2D eigenvalue weighted by molar-refractivity contribution is 7.53. The molecule has 1 amide bonds. The van der Waals surface area contributed by atoms with Gasteiger partial charge in [-0.1, -0.05) is 0 Å². The van der Waals surface area contributed by atoms with Gasteiger partial charge in [-0.25, -0.2) is 9.78 Å². The zero-order chi connectivity index (χ0) is 17.5. The van der Waals surface area contributed by atoms with Crippen molar-refractivity contribution in [2.75, 3.05) is 18.5 Å². The van der Waals surface area contributed by atoms with Crippen molar-refractivity contribution >= 4 is 19.5 Å². The maximum absolute atomic E-state index is 12.4. The van der Waals surface area contributed by atoms with Gasteiger partial charge in [-0.2, -0.15) is 0 Å². The number of rotatable bonds is 7. The third-order valence-electron chi connectivity index (χ3n) is 2.34. The van der Waals surface area contributed by atoms with Crippen LogP contribution in [0.25, 0.3) is 0 Å². The van der Waals surface area contributed by atoms with Gasteiger partial charge in [0.1, 0.15) is 5.60 Å². The Labute approximate surface area is 136 Å². The number of carbonyl (C=O) groups excluding carboxylic acids is 1. The van der Waals surface area contributed by atoms with Crippen LogP contribution in [-0.2, 0) is 24.5 Å². The minimum Gasteiger partial charge on any atom is -0.444 e. The van der Waals surface area contributed by atoms with Crippen LogP contribution in [0.4, 0.5) is 10.6 Å². The first-order valence-corrected chi connectivity index (χ1v) is 9.09. The Morgan fingerprint density at radius 2 is 1.78 bits per heavy atom. The summed E-state index contributed by atoms with van der Waals surface area (Å²) in [7, 11) is -3.23. The van der Waals surface area contributed by atoms with Crippen molar-refractivity contribution in [2.45, 2.75) is 46.4 Å². The van der Waals surface area contributed by atoms with Crippen LogP contribution in [0.1, 0.15) is 40.3 Å². The average Bonchev–Trinajstić information content (AvgIpc) is 2.39. The standard InChI is InChI=1S/C14H24N3O5P/c1-6-20-23(19,21-7-2)10-11-8-16-12(9-15-11)17-13(18)22-14(3,4)5/h8-9H,6-7,10H2,1-5H3,(H,16,17,18). The molecule has 0 aliphatic heterocycles. The van der Waals surface area contributed by atoms with Gasteiger partial charge in [0.2, 0.25) is 0 Å². The van der Waals surface area contributed by atoms with Gasteiger partial charge in [-0.3, -0.25) is 14.9 Å². The third-order valence-corrected chi connectivity index (χ3v) is 4.36. The number of hydrogen-bond acceptors (Lipinski definition) is 7. The van der Waals surface area contributed by atoms with E-state index in [1.165, 1.54) is 12.4 Å². The number of nitrogens with zero attached hydrogens (tertiary/aromatic N) is 2. The predicted molar refractivity (Wildman–Crippen MR) is 86.5 cm³/mol. The van der Waals surface area contributed by atoms with E-state index in [0.717, 1.165) is 0 Å². The molecule has 0 saturated carbocycles. The first kappa shape index (κ1) is 19.5. The molecule has 0 spiro atoms. The zero-order valence-electron chi connectivity index (χ0n) is 14.2. The fourth-order valence-corrected chi connectivity index (χ4v) is 3.23. The molecule has 23 heavy (non-hydrogen) atoms. The highest BCUT2D eigenvalue weighted by Gasteiger charge is 2.25. The second-order valence-corrected chi connectivity index (χ2v) is 7.68. The Balaban J connectivity index is 2.69. The topological polar surface area (TPSA) is 99.6 Å². The maximum atomic E-state index is 12.4. The molecule has 1 heterocycles. The average molecular weight is 345 g/mol. The number of hydrogen-bond donors (Lipinski definition) is 1. The highest BCUT2D eigenvalue weighted by atomic mass is 31.2. The molecule has 0 aliphatic carbocycles. The predicted octanol–water partition coefficient (Wildman–Crippen LogP) is 3.59. The van der Waals surface area contributed by atoms with Crippen molar-refractivity contribution in [3.05, 3.63) is 18.1 Å². The molecular formula is C14H24N3O5P. The highest BCUT2D eigenvalue weighted by Crippen LogP contribution is 2.50. The number of nitrogens with one attached hydrogen (secondary N) is 1. The number of amides is 1. The van der Waals surface area contributed by atoms with Crippen LogP contribution in [0.2, 0.25) is 0 Å². The molecule has 130 valence electrons. The molecule has 0 bridgehead atoms. The summed E-state index contributed by atoms with van der Waals surface area (Å²) in [5.41, 5.74) is -0.149. The Kier molecular flexibility index (Phi) is 7.12. The summed E-state index contributed by atoms with van der Waals surface area (Å²) in [5, 5.41) is 2.47. The van der Waals surface area contributed by atoms with E-state index in [1.807, 2.05) is 0 Å². The molecule has 8 nitrogen and oxygen atoms in total. The van der Waals surface area contributed by atoms with Gasteiger partial charge in [0, 0.05) is 0 Å². The molecule has 0 aromatic carbocycles. The second-order valence-electron chi connectivity index (χ2n) is 5.62. The number of ether oxygens (including phenoxy) is 1. The summed E-state index contributed by atoms with van der Waals surface area (Å²) in [6.45, 7) is 9.34. The van der Waals surface area contributed by atoms with Gasteiger partial charge >= 0.3 is 13.7 Å². The summed E-state index contributed by atoms with van der Waals surface area (Å²) >= 11 is 0. The van der Waals surface area contributed by atoms with E-state index >= 15 is 0 Å². The van der Waals surface area contributed by atoms with Gasteiger partial charge in [-0.15, -0.1) is 0 Å². The van der Waals surface area contributed by atoms with Crippen molar-refractivity contribution in [1.29, 1.82) is 0 Å². The normalized spacial score (nSPS) is 12.0. The molecule has 0 saturated heterocycles. The van der Waals surface area contributed by atoms with E-state index in [-0.39, 0.29) is 25.2 Å². The van der Waals surface area contributed by atoms with E-state index in [0.29, 0.717) is 5.69 Å².